The summed E-state index contributed by atoms with van der Waals surface area (Å²) in [4.78, 5) is 10.2. The predicted octanol–water partition coefficient (Wildman–Crippen LogP) is 2.60. The molecular weight excluding hydrogens is 195 g/mol. The quantitative estimate of drug-likeness (QED) is 0.811. The molecule has 1 unspecified atom stereocenters. The highest BCUT2D eigenvalue weighted by Crippen LogP contribution is 2.10. The van der Waals surface area contributed by atoms with Crippen molar-refractivity contribution in [3.05, 3.63) is 35.4 Å². The van der Waals surface area contributed by atoms with Gasteiger partial charge in [-0.3, -0.25) is 0 Å². The molecule has 2 nitrogen and oxygen atoms in total. The van der Waals surface area contributed by atoms with Gasteiger partial charge in [0.2, 0.25) is 0 Å². The zero-order valence-corrected chi connectivity index (χ0v) is 8.74. The lowest BCUT2D eigenvalue weighted by Gasteiger charge is -2.04. The molecule has 0 fully saturated rings. The molecule has 0 saturated heterocycles. The lowest BCUT2D eigenvalue weighted by Crippen LogP contribution is -2.14. The monoisotopic (exact) mass is 210 g/mol. The number of hydrogen-bond donors (Lipinski definition) is 1. The fourth-order valence-corrected chi connectivity index (χ4v) is 1.36. The first-order chi connectivity index (χ1) is 7.13. The smallest absolute Gasteiger partial charge is 0.338 e. The number of carboxylic acid groups (broad SMARTS) is 1. The minimum Gasteiger partial charge on any atom is -0.479 e. The number of alkyl halides is 1. The molecule has 1 rings (SSSR count). The van der Waals surface area contributed by atoms with Gasteiger partial charge in [-0.05, 0) is 30.4 Å². The van der Waals surface area contributed by atoms with Gasteiger partial charge in [0.25, 0.3) is 0 Å². The molecule has 0 aliphatic carbocycles. The largest absolute Gasteiger partial charge is 0.479 e. The second kappa shape index (κ2) is 5.49. The van der Waals surface area contributed by atoms with E-state index in [-0.39, 0.29) is 6.42 Å². The van der Waals surface area contributed by atoms with E-state index in [1.807, 2.05) is 24.3 Å². The average Bonchev–Trinajstić information content (AvgIpc) is 2.26. The highest BCUT2D eigenvalue weighted by atomic mass is 19.1. The van der Waals surface area contributed by atoms with Crippen molar-refractivity contribution in [1.82, 2.24) is 0 Å². The SMILES string of the molecule is CCc1ccc(CCC(F)C(=O)O)cc1. The van der Waals surface area contributed by atoms with Gasteiger partial charge in [-0.25, -0.2) is 9.18 Å². The van der Waals surface area contributed by atoms with E-state index in [0.717, 1.165) is 12.0 Å². The number of carbonyl (C=O) groups is 1. The molecule has 3 heteroatoms. The van der Waals surface area contributed by atoms with E-state index in [2.05, 4.69) is 6.92 Å². The Hall–Kier alpha value is -1.38. The van der Waals surface area contributed by atoms with E-state index in [9.17, 15) is 9.18 Å². The second-order valence-corrected chi connectivity index (χ2v) is 3.51. The summed E-state index contributed by atoms with van der Waals surface area (Å²) in [6.07, 6.45) is -0.268. The zero-order valence-electron chi connectivity index (χ0n) is 8.74. The van der Waals surface area contributed by atoms with Gasteiger partial charge in [0.1, 0.15) is 0 Å². The molecule has 0 radical (unpaired) electrons. The van der Waals surface area contributed by atoms with E-state index in [1.54, 1.807) is 0 Å². The van der Waals surface area contributed by atoms with Gasteiger partial charge >= 0.3 is 5.97 Å². The molecule has 15 heavy (non-hydrogen) atoms. The Morgan fingerprint density at radius 3 is 2.33 bits per heavy atom. The second-order valence-electron chi connectivity index (χ2n) is 3.51. The third kappa shape index (κ3) is 3.70. The Morgan fingerprint density at radius 2 is 1.87 bits per heavy atom. The van der Waals surface area contributed by atoms with Crippen molar-refractivity contribution in [2.24, 2.45) is 0 Å². The Morgan fingerprint density at radius 1 is 1.33 bits per heavy atom. The van der Waals surface area contributed by atoms with Gasteiger partial charge < -0.3 is 5.11 Å². The summed E-state index contributed by atoms with van der Waals surface area (Å²) in [6.45, 7) is 2.07. The summed E-state index contributed by atoms with van der Waals surface area (Å²) in [5.41, 5.74) is 2.21. The van der Waals surface area contributed by atoms with Crippen LogP contribution in [0.5, 0.6) is 0 Å². The van der Waals surface area contributed by atoms with Gasteiger partial charge in [0.15, 0.2) is 6.17 Å². The van der Waals surface area contributed by atoms with Crippen LogP contribution in [0.1, 0.15) is 24.5 Å². The van der Waals surface area contributed by atoms with Crippen LogP contribution >= 0.6 is 0 Å². The predicted molar refractivity (Wildman–Crippen MR) is 56.7 cm³/mol. The maximum absolute atomic E-state index is 12.8. The van der Waals surface area contributed by atoms with Crippen LogP contribution in [0.15, 0.2) is 24.3 Å². The van der Waals surface area contributed by atoms with Crippen LogP contribution in [0, 0.1) is 0 Å². The van der Waals surface area contributed by atoms with E-state index in [4.69, 9.17) is 5.11 Å². The number of halogens is 1. The summed E-state index contributed by atoms with van der Waals surface area (Å²) in [6, 6.07) is 7.83. The van der Waals surface area contributed by atoms with Gasteiger partial charge in [0.05, 0.1) is 0 Å². The number of benzene rings is 1. The molecule has 1 aromatic carbocycles. The highest BCUT2D eigenvalue weighted by Gasteiger charge is 2.14. The molecule has 1 N–H and O–H groups in total. The van der Waals surface area contributed by atoms with E-state index in [0.29, 0.717) is 6.42 Å². The topological polar surface area (TPSA) is 37.3 Å². The number of rotatable bonds is 5. The van der Waals surface area contributed by atoms with Crippen molar-refractivity contribution in [2.75, 3.05) is 0 Å². The molecule has 0 saturated carbocycles. The number of hydrogen-bond acceptors (Lipinski definition) is 1. The molecule has 0 bridgehead atoms. The minimum absolute atomic E-state index is 0.0425. The van der Waals surface area contributed by atoms with Crippen LogP contribution in [0.3, 0.4) is 0 Å². The highest BCUT2D eigenvalue weighted by molar-refractivity contribution is 5.72. The molecular formula is C12H15FO2. The molecule has 0 aliphatic rings. The maximum Gasteiger partial charge on any atom is 0.338 e. The molecule has 0 aliphatic heterocycles. The van der Waals surface area contributed by atoms with E-state index < -0.39 is 12.1 Å². The molecule has 82 valence electrons. The Bertz CT molecular complexity index is 319. The van der Waals surface area contributed by atoms with Gasteiger partial charge in [-0.2, -0.15) is 0 Å². The fraction of sp³-hybridized carbons (Fsp3) is 0.417. The Balaban J connectivity index is 2.47. The van der Waals surface area contributed by atoms with Crippen LogP contribution in [-0.4, -0.2) is 17.2 Å². The first-order valence-electron chi connectivity index (χ1n) is 5.08. The third-order valence-electron chi connectivity index (χ3n) is 2.39. The van der Waals surface area contributed by atoms with Crippen molar-refractivity contribution in [3.8, 4) is 0 Å². The van der Waals surface area contributed by atoms with Crippen molar-refractivity contribution < 1.29 is 14.3 Å². The van der Waals surface area contributed by atoms with Gasteiger partial charge in [-0.1, -0.05) is 31.2 Å². The number of carboxylic acids is 1. The van der Waals surface area contributed by atoms with E-state index in [1.165, 1.54) is 5.56 Å². The summed E-state index contributed by atoms with van der Waals surface area (Å²) in [5, 5.41) is 8.37. The van der Waals surface area contributed by atoms with Crippen LogP contribution in [0.25, 0.3) is 0 Å². The first-order valence-corrected chi connectivity index (χ1v) is 5.08. The van der Waals surface area contributed by atoms with Crippen molar-refractivity contribution >= 4 is 5.97 Å². The summed E-state index contributed by atoms with van der Waals surface area (Å²) < 4.78 is 12.8. The zero-order chi connectivity index (χ0) is 11.3. The van der Waals surface area contributed by atoms with Crippen molar-refractivity contribution in [1.29, 1.82) is 0 Å². The minimum atomic E-state index is -1.75. The van der Waals surface area contributed by atoms with Crippen molar-refractivity contribution in [2.45, 2.75) is 32.4 Å². The molecule has 0 aromatic heterocycles. The normalized spacial score (nSPS) is 12.4. The fourth-order valence-electron chi connectivity index (χ4n) is 1.36. The maximum atomic E-state index is 12.8. The van der Waals surface area contributed by atoms with Crippen LogP contribution in [0.2, 0.25) is 0 Å². The number of aliphatic carboxylic acids is 1. The van der Waals surface area contributed by atoms with Crippen molar-refractivity contribution in [3.63, 3.8) is 0 Å². The van der Waals surface area contributed by atoms with Crippen LogP contribution in [-0.2, 0) is 17.6 Å². The standard InChI is InChI=1S/C12H15FO2/c1-2-9-3-5-10(6-4-9)7-8-11(13)12(14)15/h3-6,11H,2,7-8H2,1H3,(H,14,15). The average molecular weight is 210 g/mol. The molecule has 1 aromatic rings. The third-order valence-corrected chi connectivity index (χ3v) is 2.39. The van der Waals surface area contributed by atoms with E-state index >= 15 is 0 Å². The lowest BCUT2D eigenvalue weighted by molar-refractivity contribution is -0.142. The molecule has 1 atom stereocenters. The first kappa shape index (κ1) is 11.7. The Labute approximate surface area is 88.7 Å². The summed E-state index contributed by atoms with van der Waals surface area (Å²) in [5.74, 6) is -1.37. The Kier molecular flexibility index (Phi) is 4.28. The molecule has 0 amide bonds. The lowest BCUT2D eigenvalue weighted by atomic mass is 10.0. The number of aryl methyl sites for hydroxylation is 2. The van der Waals surface area contributed by atoms with Gasteiger partial charge in [-0.15, -0.1) is 0 Å². The summed E-state index contributed by atoms with van der Waals surface area (Å²) in [7, 11) is 0. The van der Waals surface area contributed by atoms with Crippen LogP contribution < -0.4 is 0 Å². The molecule has 0 heterocycles. The summed E-state index contributed by atoms with van der Waals surface area (Å²) >= 11 is 0. The molecule has 0 spiro atoms. The van der Waals surface area contributed by atoms with Crippen LogP contribution in [0.4, 0.5) is 4.39 Å². The van der Waals surface area contributed by atoms with Gasteiger partial charge in [0, 0.05) is 0 Å².